The van der Waals surface area contributed by atoms with Gasteiger partial charge in [0.2, 0.25) is 0 Å². The van der Waals surface area contributed by atoms with Gasteiger partial charge in [0.15, 0.2) is 0 Å². The Labute approximate surface area is 122 Å². The zero-order chi connectivity index (χ0) is 13.6. The second-order valence-electron chi connectivity index (χ2n) is 4.72. The molecule has 1 saturated heterocycles. The van der Waals surface area contributed by atoms with E-state index in [1.165, 1.54) is 0 Å². The van der Waals surface area contributed by atoms with E-state index < -0.39 is 0 Å². The highest BCUT2D eigenvalue weighted by molar-refractivity contribution is 9.09. The first kappa shape index (κ1) is 14.4. The lowest BCUT2D eigenvalue weighted by atomic mass is 9.75. The van der Waals surface area contributed by atoms with E-state index in [0.717, 1.165) is 35.9 Å². The molecule has 1 heterocycles. The van der Waals surface area contributed by atoms with E-state index in [1.807, 2.05) is 24.3 Å². The van der Waals surface area contributed by atoms with Crippen molar-refractivity contribution in [2.24, 2.45) is 0 Å². The average molecular weight is 324 g/mol. The molecule has 0 spiro atoms. The van der Waals surface area contributed by atoms with Crippen LogP contribution in [0, 0.1) is 11.3 Å². The first-order chi connectivity index (χ1) is 9.30. The van der Waals surface area contributed by atoms with Gasteiger partial charge in [0.1, 0.15) is 5.75 Å². The van der Waals surface area contributed by atoms with Gasteiger partial charge in [-0.25, -0.2) is 0 Å². The summed E-state index contributed by atoms with van der Waals surface area (Å²) in [6, 6.07) is 10.4. The molecule has 1 aromatic rings. The molecule has 0 saturated carbocycles. The van der Waals surface area contributed by atoms with Crippen LogP contribution in [0.2, 0.25) is 0 Å². The summed E-state index contributed by atoms with van der Waals surface area (Å²) < 4.78 is 11.0. The van der Waals surface area contributed by atoms with Gasteiger partial charge >= 0.3 is 0 Å². The molecule has 1 aromatic carbocycles. The molecule has 3 nitrogen and oxygen atoms in total. The minimum absolute atomic E-state index is 0.382. The van der Waals surface area contributed by atoms with Gasteiger partial charge in [-0.15, -0.1) is 0 Å². The summed E-state index contributed by atoms with van der Waals surface area (Å²) in [5.74, 6) is 0.866. The van der Waals surface area contributed by atoms with Crippen molar-refractivity contribution in [2.75, 3.05) is 25.2 Å². The van der Waals surface area contributed by atoms with Crippen LogP contribution in [0.3, 0.4) is 0 Å². The van der Waals surface area contributed by atoms with Crippen LogP contribution in [0.15, 0.2) is 24.3 Å². The van der Waals surface area contributed by atoms with Crippen molar-refractivity contribution in [2.45, 2.75) is 24.7 Å². The molecular formula is C15H18BrNO2. The molecule has 19 heavy (non-hydrogen) atoms. The normalized spacial score (nSPS) is 17.7. The SMILES string of the molecule is N#CC1(c2ccc(OCCCBr)cc2)CCOCC1. The van der Waals surface area contributed by atoms with Crippen molar-refractivity contribution in [1.29, 1.82) is 5.26 Å². The van der Waals surface area contributed by atoms with Crippen LogP contribution in [0.4, 0.5) is 0 Å². The van der Waals surface area contributed by atoms with E-state index >= 15 is 0 Å². The quantitative estimate of drug-likeness (QED) is 0.616. The van der Waals surface area contributed by atoms with Crippen LogP contribution in [0.5, 0.6) is 5.75 Å². The Morgan fingerprint density at radius 3 is 2.53 bits per heavy atom. The first-order valence-corrected chi connectivity index (χ1v) is 7.71. The van der Waals surface area contributed by atoms with Crippen LogP contribution >= 0.6 is 15.9 Å². The molecule has 1 fully saturated rings. The van der Waals surface area contributed by atoms with Crippen LogP contribution < -0.4 is 4.74 Å². The minimum Gasteiger partial charge on any atom is -0.494 e. The van der Waals surface area contributed by atoms with E-state index in [2.05, 4.69) is 22.0 Å². The maximum absolute atomic E-state index is 9.50. The molecule has 0 atom stereocenters. The molecule has 1 aliphatic rings. The van der Waals surface area contributed by atoms with E-state index in [1.54, 1.807) is 0 Å². The molecule has 2 rings (SSSR count). The lowest BCUT2D eigenvalue weighted by Crippen LogP contribution is -2.32. The Kier molecular flexibility index (Phi) is 5.24. The van der Waals surface area contributed by atoms with Crippen molar-refractivity contribution < 1.29 is 9.47 Å². The molecular weight excluding hydrogens is 306 g/mol. The summed E-state index contributed by atoms with van der Waals surface area (Å²) in [5.41, 5.74) is 0.693. The molecule has 0 unspecified atom stereocenters. The molecule has 102 valence electrons. The van der Waals surface area contributed by atoms with E-state index in [4.69, 9.17) is 9.47 Å². The monoisotopic (exact) mass is 323 g/mol. The lowest BCUT2D eigenvalue weighted by molar-refractivity contribution is 0.0675. The minimum atomic E-state index is -0.382. The highest BCUT2D eigenvalue weighted by atomic mass is 79.9. The number of ether oxygens (including phenoxy) is 2. The Morgan fingerprint density at radius 2 is 1.95 bits per heavy atom. The Hall–Kier alpha value is -1.05. The highest BCUT2D eigenvalue weighted by Crippen LogP contribution is 2.34. The van der Waals surface area contributed by atoms with E-state index in [0.29, 0.717) is 19.8 Å². The van der Waals surface area contributed by atoms with Crippen LogP contribution in [-0.2, 0) is 10.2 Å². The number of alkyl halides is 1. The van der Waals surface area contributed by atoms with Gasteiger partial charge in [-0.3, -0.25) is 0 Å². The summed E-state index contributed by atoms with van der Waals surface area (Å²) in [7, 11) is 0. The molecule has 0 aromatic heterocycles. The fourth-order valence-corrected chi connectivity index (χ4v) is 2.53. The van der Waals surface area contributed by atoms with Gasteiger partial charge in [-0.05, 0) is 37.0 Å². The number of halogens is 1. The summed E-state index contributed by atoms with van der Waals surface area (Å²) in [6.07, 6.45) is 2.53. The molecule has 0 aliphatic carbocycles. The van der Waals surface area contributed by atoms with Gasteiger partial charge in [-0.2, -0.15) is 5.26 Å². The number of rotatable bonds is 5. The molecule has 0 N–H and O–H groups in total. The van der Waals surface area contributed by atoms with Crippen molar-refractivity contribution in [1.82, 2.24) is 0 Å². The number of benzene rings is 1. The standard InChI is InChI=1S/C15H18BrNO2/c16-8-1-9-19-14-4-2-13(3-5-14)15(12-17)6-10-18-11-7-15/h2-5H,1,6-11H2. The largest absolute Gasteiger partial charge is 0.494 e. The Bertz CT molecular complexity index is 432. The van der Waals surface area contributed by atoms with Crippen molar-refractivity contribution in [3.05, 3.63) is 29.8 Å². The van der Waals surface area contributed by atoms with Crippen molar-refractivity contribution in [3.8, 4) is 11.8 Å². The third-order valence-electron chi connectivity index (χ3n) is 3.51. The highest BCUT2D eigenvalue weighted by Gasteiger charge is 2.34. The van der Waals surface area contributed by atoms with Crippen LogP contribution in [0.25, 0.3) is 0 Å². The predicted molar refractivity (Wildman–Crippen MR) is 77.7 cm³/mol. The summed E-state index contributed by atoms with van der Waals surface area (Å²) in [4.78, 5) is 0. The van der Waals surface area contributed by atoms with Gasteiger partial charge in [0.05, 0.1) is 18.1 Å². The van der Waals surface area contributed by atoms with Crippen molar-refractivity contribution in [3.63, 3.8) is 0 Å². The van der Waals surface area contributed by atoms with E-state index in [-0.39, 0.29) is 5.41 Å². The smallest absolute Gasteiger partial charge is 0.119 e. The van der Waals surface area contributed by atoms with E-state index in [9.17, 15) is 5.26 Å². The van der Waals surface area contributed by atoms with Crippen LogP contribution in [-0.4, -0.2) is 25.2 Å². The molecule has 1 aliphatic heterocycles. The zero-order valence-corrected chi connectivity index (χ0v) is 12.5. The van der Waals surface area contributed by atoms with Gasteiger partial charge in [0.25, 0.3) is 0 Å². The topological polar surface area (TPSA) is 42.2 Å². The number of nitrogens with zero attached hydrogens (tertiary/aromatic N) is 1. The molecule has 0 amide bonds. The number of hydrogen-bond donors (Lipinski definition) is 0. The maximum atomic E-state index is 9.50. The summed E-state index contributed by atoms with van der Waals surface area (Å²) in [5, 5.41) is 10.4. The van der Waals surface area contributed by atoms with Gasteiger partial charge in [-0.1, -0.05) is 28.1 Å². The summed E-state index contributed by atoms with van der Waals surface area (Å²) >= 11 is 3.38. The zero-order valence-electron chi connectivity index (χ0n) is 10.9. The Morgan fingerprint density at radius 1 is 1.26 bits per heavy atom. The predicted octanol–water partition coefficient (Wildman–Crippen LogP) is 3.42. The first-order valence-electron chi connectivity index (χ1n) is 6.59. The fraction of sp³-hybridized carbons (Fsp3) is 0.533. The summed E-state index contributed by atoms with van der Waals surface area (Å²) in [6.45, 7) is 2.04. The second kappa shape index (κ2) is 6.93. The maximum Gasteiger partial charge on any atom is 0.119 e. The van der Waals surface area contributed by atoms with Gasteiger partial charge < -0.3 is 9.47 Å². The number of nitriles is 1. The van der Waals surface area contributed by atoms with Crippen LogP contribution in [0.1, 0.15) is 24.8 Å². The van der Waals surface area contributed by atoms with Crippen molar-refractivity contribution >= 4 is 15.9 Å². The average Bonchev–Trinajstić information content (AvgIpc) is 2.49. The second-order valence-corrected chi connectivity index (χ2v) is 5.51. The third kappa shape index (κ3) is 3.49. The Balaban J connectivity index is 2.06. The molecule has 0 radical (unpaired) electrons. The third-order valence-corrected chi connectivity index (χ3v) is 4.07. The van der Waals surface area contributed by atoms with Gasteiger partial charge in [0, 0.05) is 18.5 Å². The molecule has 0 bridgehead atoms. The number of hydrogen-bond acceptors (Lipinski definition) is 3. The fourth-order valence-electron chi connectivity index (χ4n) is 2.30. The molecule has 4 heteroatoms. The lowest BCUT2D eigenvalue weighted by Gasteiger charge is -2.31.